The summed E-state index contributed by atoms with van der Waals surface area (Å²) in [5.74, 6) is 1.70. The van der Waals surface area contributed by atoms with Crippen LogP contribution in [0.15, 0.2) is 53.7 Å². The second-order valence-electron chi connectivity index (χ2n) is 8.66. The van der Waals surface area contributed by atoms with Gasteiger partial charge in [-0.1, -0.05) is 31.5 Å². The van der Waals surface area contributed by atoms with Crippen molar-refractivity contribution in [2.24, 2.45) is 0 Å². The van der Waals surface area contributed by atoms with Crippen LogP contribution >= 0.6 is 0 Å². The molecule has 1 unspecified atom stereocenters. The Morgan fingerprint density at radius 2 is 1.91 bits per heavy atom. The number of fused-ring (bicyclic) bond motifs is 3. The first-order valence-corrected chi connectivity index (χ1v) is 12.0. The molecule has 0 spiro atoms. The minimum Gasteiger partial charge on any atom is -0.490 e. The van der Waals surface area contributed by atoms with Crippen LogP contribution in [0.5, 0.6) is 11.5 Å². The van der Waals surface area contributed by atoms with Crippen molar-refractivity contribution in [2.45, 2.75) is 59.6 Å². The summed E-state index contributed by atoms with van der Waals surface area (Å²) >= 11 is 0. The predicted octanol–water partition coefficient (Wildman–Crippen LogP) is 5.85. The van der Waals surface area contributed by atoms with E-state index in [1.807, 2.05) is 70.2 Å². The van der Waals surface area contributed by atoms with Gasteiger partial charge in [0.2, 0.25) is 5.95 Å². The largest absolute Gasteiger partial charge is 0.490 e. The van der Waals surface area contributed by atoms with Crippen molar-refractivity contribution in [3.8, 4) is 11.5 Å². The van der Waals surface area contributed by atoms with Crippen molar-refractivity contribution >= 4 is 23.0 Å². The second-order valence-corrected chi connectivity index (χ2v) is 8.66. The minimum atomic E-state index is -0.432. The molecule has 1 aliphatic rings. The molecule has 0 radical (unpaired) electrons. The van der Waals surface area contributed by atoms with E-state index in [2.05, 4.69) is 16.8 Å². The maximum absolute atomic E-state index is 13.3. The highest BCUT2D eigenvalue weighted by atomic mass is 16.5. The van der Waals surface area contributed by atoms with E-state index in [9.17, 15) is 4.79 Å². The number of anilines is 1. The molecule has 1 N–H and O–H groups in total. The van der Waals surface area contributed by atoms with Gasteiger partial charge in [0, 0.05) is 5.70 Å². The Labute approximate surface area is 200 Å². The van der Waals surface area contributed by atoms with Crippen LogP contribution < -0.4 is 14.8 Å². The fourth-order valence-electron chi connectivity index (χ4n) is 4.23. The Kier molecular flexibility index (Phi) is 7.10. The number of imidazole rings is 1. The minimum absolute atomic E-state index is 0.234. The first-order valence-electron chi connectivity index (χ1n) is 12.0. The van der Waals surface area contributed by atoms with Crippen molar-refractivity contribution < 1.29 is 19.0 Å². The van der Waals surface area contributed by atoms with E-state index >= 15 is 0 Å². The Bertz CT molecular complexity index is 1210. The van der Waals surface area contributed by atoms with Crippen molar-refractivity contribution in [1.82, 2.24) is 9.55 Å². The monoisotopic (exact) mass is 463 g/mol. The zero-order chi connectivity index (χ0) is 24.2. The summed E-state index contributed by atoms with van der Waals surface area (Å²) in [6.07, 6.45) is 1.79. The maximum atomic E-state index is 13.3. The Hall–Kier alpha value is -3.48. The van der Waals surface area contributed by atoms with Gasteiger partial charge in [-0.3, -0.25) is 4.57 Å². The van der Waals surface area contributed by atoms with Crippen LogP contribution in [0.3, 0.4) is 0 Å². The summed E-state index contributed by atoms with van der Waals surface area (Å²) in [6.45, 7) is 10.8. The zero-order valence-electron chi connectivity index (χ0n) is 20.6. The average Bonchev–Trinajstić information content (AvgIpc) is 3.16. The van der Waals surface area contributed by atoms with E-state index < -0.39 is 6.04 Å². The lowest BCUT2D eigenvalue weighted by atomic mass is 9.94. The van der Waals surface area contributed by atoms with Crippen LogP contribution in [-0.2, 0) is 9.53 Å². The third-order valence-electron chi connectivity index (χ3n) is 5.73. The molecule has 1 aliphatic heterocycles. The summed E-state index contributed by atoms with van der Waals surface area (Å²) in [6, 6.07) is 13.4. The fraction of sp³-hybridized carbons (Fsp3) is 0.407. The molecule has 180 valence electrons. The molecule has 0 amide bonds. The lowest BCUT2D eigenvalue weighted by Crippen LogP contribution is -2.30. The number of carbonyl (C=O) groups is 1. The van der Waals surface area contributed by atoms with E-state index in [0.717, 1.165) is 35.1 Å². The molecule has 7 nitrogen and oxygen atoms in total. The van der Waals surface area contributed by atoms with E-state index in [1.165, 1.54) is 0 Å². The van der Waals surface area contributed by atoms with Crippen molar-refractivity contribution in [3.05, 3.63) is 59.3 Å². The third kappa shape index (κ3) is 4.60. The highest BCUT2D eigenvalue weighted by Gasteiger charge is 2.35. The van der Waals surface area contributed by atoms with Crippen molar-refractivity contribution in [2.75, 3.05) is 18.5 Å². The van der Waals surface area contributed by atoms with Gasteiger partial charge in [-0.2, -0.15) is 0 Å². The van der Waals surface area contributed by atoms with Crippen LogP contribution in [-0.4, -0.2) is 34.8 Å². The molecule has 3 aromatic rings. The molecule has 1 aromatic heterocycles. The van der Waals surface area contributed by atoms with Gasteiger partial charge < -0.3 is 19.5 Å². The van der Waals surface area contributed by atoms with Gasteiger partial charge in [-0.05, 0) is 63.9 Å². The molecule has 0 saturated carbocycles. The number of rotatable bonds is 9. The topological polar surface area (TPSA) is 74.6 Å². The lowest BCUT2D eigenvalue weighted by molar-refractivity contribution is -0.143. The van der Waals surface area contributed by atoms with Gasteiger partial charge in [0.25, 0.3) is 0 Å². The number of nitrogens with one attached hydrogen (secondary N) is 1. The number of hydrogen-bond acceptors (Lipinski definition) is 6. The summed E-state index contributed by atoms with van der Waals surface area (Å²) < 4.78 is 19.6. The number of allylic oxidation sites excluding steroid dienone is 1. The molecule has 0 fully saturated rings. The number of benzene rings is 2. The molecule has 7 heteroatoms. The Balaban J connectivity index is 1.87. The van der Waals surface area contributed by atoms with Crippen LogP contribution in [0.1, 0.15) is 59.1 Å². The number of nitrogens with zero attached hydrogens (tertiary/aromatic N) is 2. The third-order valence-corrected chi connectivity index (χ3v) is 5.73. The van der Waals surface area contributed by atoms with Gasteiger partial charge in [0.1, 0.15) is 0 Å². The molecule has 2 heterocycles. The van der Waals surface area contributed by atoms with Gasteiger partial charge in [-0.15, -0.1) is 0 Å². The predicted molar refractivity (Wildman–Crippen MR) is 133 cm³/mol. The Morgan fingerprint density at radius 3 is 2.65 bits per heavy atom. The van der Waals surface area contributed by atoms with Gasteiger partial charge in [0.05, 0.1) is 42.0 Å². The van der Waals surface area contributed by atoms with Gasteiger partial charge in [-0.25, -0.2) is 9.78 Å². The standard InChI is InChI=1S/C27H33N3O4/c1-6-8-15-33-22-14-13-19(16-23(22)32-7-2)25-24(26(31)34-17(3)4)18(5)28-27-29-20-11-9-10-12-21(20)30(25)27/h9-14,16-17,25H,6-8,15H2,1-5H3,(H,28,29). The van der Waals surface area contributed by atoms with Crippen LogP contribution in [0.4, 0.5) is 5.95 Å². The first kappa shape index (κ1) is 23.7. The number of ether oxygens (including phenoxy) is 3. The Morgan fingerprint density at radius 1 is 1.12 bits per heavy atom. The SMILES string of the molecule is CCCCOc1ccc(C2C(C(=O)OC(C)C)=C(C)Nc3nc4ccccc4n32)cc1OCC. The van der Waals surface area contributed by atoms with Crippen molar-refractivity contribution in [3.63, 3.8) is 0 Å². The molecule has 4 rings (SSSR count). The second kappa shape index (κ2) is 10.2. The van der Waals surface area contributed by atoms with Gasteiger partial charge in [0.15, 0.2) is 11.5 Å². The van der Waals surface area contributed by atoms with Crippen LogP contribution in [0, 0.1) is 0 Å². The molecule has 0 saturated heterocycles. The zero-order valence-corrected chi connectivity index (χ0v) is 20.6. The fourth-order valence-corrected chi connectivity index (χ4v) is 4.23. The number of esters is 1. The van der Waals surface area contributed by atoms with E-state index in [4.69, 9.17) is 19.2 Å². The molecular weight excluding hydrogens is 430 g/mol. The van der Waals surface area contributed by atoms with Crippen LogP contribution in [0.25, 0.3) is 11.0 Å². The summed E-state index contributed by atoms with van der Waals surface area (Å²) in [5.41, 5.74) is 3.95. The molecule has 2 aromatic carbocycles. The lowest BCUT2D eigenvalue weighted by Gasteiger charge is -2.31. The summed E-state index contributed by atoms with van der Waals surface area (Å²) in [5, 5.41) is 3.31. The normalized spacial score (nSPS) is 15.3. The average molecular weight is 464 g/mol. The smallest absolute Gasteiger partial charge is 0.338 e. The number of unbranched alkanes of at least 4 members (excludes halogenated alkanes) is 1. The summed E-state index contributed by atoms with van der Waals surface area (Å²) in [7, 11) is 0. The molecule has 1 atom stereocenters. The number of para-hydroxylation sites is 2. The number of hydrogen-bond donors (Lipinski definition) is 1. The molecular formula is C27H33N3O4. The van der Waals surface area contributed by atoms with E-state index in [-0.39, 0.29) is 12.1 Å². The molecule has 0 aliphatic carbocycles. The number of aromatic nitrogens is 2. The first-order chi connectivity index (χ1) is 16.4. The quantitative estimate of drug-likeness (QED) is 0.317. The van der Waals surface area contributed by atoms with Crippen LogP contribution in [0.2, 0.25) is 0 Å². The van der Waals surface area contributed by atoms with E-state index in [1.54, 1.807) is 0 Å². The highest BCUT2D eigenvalue weighted by Crippen LogP contribution is 2.42. The van der Waals surface area contributed by atoms with Gasteiger partial charge >= 0.3 is 5.97 Å². The maximum Gasteiger partial charge on any atom is 0.338 e. The highest BCUT2D eigenvalue weighted by molar-refractivity contribution is 5.94. The van der Waals surface area contributed by atoms with E-state index in [0.29, 0.717) is 36.2 Å². The van der Waals surface area contributed by atoms with Crippen molar-refractivity contribution in [1.29, 1.82) is 0 Å². The summed E-state index contributed by atoms with van der Waals surface area (Å²) in [4.78, 5) is 18.1. The molecule has 0 bridgehead atoms. The molecule has 34 heavy (non-hydrogen) atoms. The number of carbonyl (C=O) groups excluding carboxylic acids is 1.